The van der Waals surface area contributed by atoms with E-state index in [1.54, 1.807) is 0 Å². The highest BCUT2D eigenvalue weighted by molar-refractivity contribution is 6.08. The lowest BCUT2D eigenvalue weighted by molar-refractivity contribution is -0.154. The lowest BCUT2D eigenvalue weighted by atomic mass is 9.85. The fourth-order valence-electron chi connectivity index (χ4n) is 2.53. The summed E-state index contributed by atoms with van der Waals surface area (Å²) in [7, 11) is 0. The van der Waals surface area contributed by atoms with Crippen LogP contribution in [0.5, 0.6) is 0 Å². The predicted molar refractivity (Wildman–Crippen MR) is 62.1 cm³/mol. The normalized spacial score (nSPS) is 27.8. The average Bonchev–Trinajstić information content (AvgIpc) is 2.60. The van der Waals surface area contributed by atoms with Crippen molar-refractivity contribution in [1.29, 1.82) is 0 Å². The van der Waals surface area contributed by atoms with Crippen LogP contribution in [-0.4, -0.2) is 33.8 Å². The number of hydrogen-bond donors (Lipinski definition) is 1. The molecule has 3 atom stereocenters. The van der Waals surface area contributed by atoms with E-state index in [-0.39, 0.29) is 6.42 Å². The minimum Gasteiger partial charge on any atom is -0.480 e. The van der Waals surface area contributed by atoms with Crippen LogP contribution in [-0.2, 0) is 14.4 Å². The summed E-state index contributed by atoms with van der Waals surface area (Å²) in [6.45, 7) is 0. The van der Waals surface area contributed by atoms with E-state index in [0.29, 0.717) is 12.8 Å². The Hall–Kier alpha value is -2.09. The third-order valence-corrected chi connectivity index (χ3v) is 3.45. The molecule has 1 heterocycles. The number of hydrogen-bond acceptors (Lipinski definition) is 3. The number of amides is 2. The number of rotatable bonds is 3. The van der Waals surface area contributed by atoms with Crippen LogP contribution in [0.2, 0.25) is 0 Å². The number of imide groups is 1. The summed E-state index contributed by atoms with van der Waals surface area (Å²) in [5, 5.41) is 9.08. The second kappa shape index (κ2) is 4.65. The zero-order valence-electron chi connectivity index (χ0n) is 9.70. The van der Waals surface area contributed by atoms with Crippen LogP contribution >= 0.6 is 0 Å². The number of carboxylic acids is 1. The number of nitrogens with zero attached hydrogens (tertiary/aromatic N) is 1. The van der Waals surface area contributed by atoms with Gasteiger partial charge in [0.05, 0.1) is 11.8 Å². The van der Waals surface area contributed by atoms with Gasteiger partial charge in [0, 0.05) is 6.42 Å². The van der Waals surface area contributed by atoms with Gasteiger partial charge in [-0.25, -0.2) is 4.79 Å². The molecule has 18 heavy (non-hydrogen) atoms. The standard InChI is InChI=1S/C13H13NO4/c1-2-5-10(13(17)18)14-11(15)8-6-3-4-7-9(8)12(14)16/h1,3-4,8-10H,5-7H2,(H,17,18)/t8-,9+,10?. The first-order valence-corrected chi connectivity index (χ1v) is 5.76. The highest BCUT2D eigenvalue weighted by atomic mass is 16.4. The molecule has 5 heteroatoms. The fourth-order valence-corrected chi connectivity index (χ4v) is 2.53. The number of carbonyl (C=O) groups excluding carboxylic acids is 2. The Labute approximate surface area is 104 Å². The SMILES string of the molecule is C#CCC(C(=O)O)N1C(=O)[C@H]2CC=CC[C@H]2C1=O. The van der Waals surface area contributed by atoms with Gasteiger partial charge < -0.3 is 5.11 Å². The minimum atomic E-state index is -1.24. The van der Waals surface area contributed by atoms with Crippen molar-refractivity contribution in [3.63, 3.8) is 0 Å². The molecular formula is C13H13NO4. The van der Waals surface area contributed by atoms with Crippen LogP contribution < -0.4 is 0 Å². The van der Waals surface area contributed by atoms with Crippen molar-refractivity contribution in [3.05, 3.63) is 12.2 Å². The van der Waals surface area contributed by atoms with Crippen molar-refractivity contribution in [2.75, 3.05) is 0 Å². The number of fused-ring (bicyclic) bond motifs is 1. The summed E-state index contributed by atoms with van der Waals surface area (Å²) in [5.74, 6) is -0.670. The fraction of sp³-hybridized carbons (Fsp3) is 0.462. The van der Waals surface area contributed by atoms with E-state index < -0.39 is 35.7 Å². The molecule has 0 aromatic carbocycles. The smallest absolute Gasteiger partial charge is 0.327 e. The molecule has 94 valence electrons. The van der Waals surface area contributed by atoms with Crippen LogP contribution in [0.25, 0.3) is 0 Å². The molecule has 0 spiro atoms. The Balaban J connectivity index is 2.29. The molecule has 0 bridgehead atoms. The molecule has 0 aromatic rings. The van der Waals surface area contributed by atoms with Crippen LogP contribution in [0.15, 0.2) is 12.2 Å². The van der Waals surface area contributed by atoms with Crippen LogP contribution in [0.1, 0.15) is 19.3 Å². The van der Waals surface area contributed by atoms with E-state index >= 15 is 0 Å². The summed E-state index contributed by atoms with van der Waals surface area (Å²) >= 11 is 0. The van der Waals surface area contributed by atoms with E-state index in [0.717, 1.165) is 4.90 Å². The first-order chi connectivity index (χ1) is 8.57. The second-order valence-corrected chi connectivity index (χ2v) is 4.46. The summed E-state index contributed by atoms with van der Waals surface area (Å²) in [4.78, 5) is 36.2. The summed E-state index contributed by atoms with van der Waals surface area (Å²) in [6, 6.07) is -1.24. The van der Waals surface area contributed by atoms with Gasteiger partial charge in [-0.3, -0.25) is 14.5 Å². The van der Waals surface area contributed by atoms with Crippen LogP contribution in [0, 0.1) is 24.2 Å². The molecule has 2 aliphatic rings. The third kappa shape index (κ3) is 1.80. The van der Waals surface area contributed by atoms with Gasteiger partial charge in [-0.05, 0) is 12.8 Å². The lowest BCUT2D eigenvalue weighted by Gasteiger charge is -2.21. The number of allylic oxidation sites excluding steroid dienone is 2. The number of aliphatic carboxylic acids is 1. The summed E-state index contributed by atoms with van der Waals surface area (Å²) in [5.41, 5.74) is 0. The maximum Gasteiger partial charge on any atom is 0.327 e. The minimum absolute atomic E-state index is 0.153. The molecule has 0 saturated carbocycles. The molecule has 1 saturated heterocycles. The second-order valence-electron chi connectivity index (χ2n) is 4.46. The van der Waals surface area contributed by atoms with Gasteiger partial charge in [-0.2, -0.15) is 0 Å². The van der Waals surface area contributed by atoms with Crippen LogP contribution in [0.3, 0.4) is 0 Å². The molecule has 1 N–H and O–H groups in total. The highest BCUT2D eigenvalue weighted by Gasteiger charge is 2.51. The van der Waals surface area contributed by atoms with Gasteiger partial charge in [0.1, 0.15) is 6.04 Å². The molecule has 2 amide bonds. The maximum atomic E-state index is 12.1. The molecule has 1 aliphatic carbocycles. The molecule has 0 radical (unpaired) electrons. The van der Waals surface area contributed by atoms with Gasteiger partial charge in [-0.1, -0.05) is 12.2 Å². The third-order valence-electron chi connectivity index (χ3n) is 3.45. The molecule has 1 aliphatic heterocycles. The van der Waals surface area contributed by atoms with Crippen molar-refractivity contribution >= 4 is 17.8 Å². The van der Waals surface area contributed by atoms with Crippen molar-refractivity contribution in [1.82, 2.24) is 4.90 Å². The molecule has 5 nitrogen and oxygen atoms in total. The summed E-state index contributed by atoms with van der Waals surface area (Å²) < 4.78 is 0. The van der Waals surface area contributed by atoms with Crippen molar-refractivity contribution < 1.29 is 19.5 Å². The summed E-state index contributed by atoms with van der Waals surface area (Å²) in [6.07, 6.45) is 9.64. The quantitative estimate of drug-likeness (QED) is 0.445. The number of carbonyl (C=O) groups is 3. The number of likely N-dealkylation sites (tertiary alicyclic amines) is 1. The number of carboxylic acid groups (broad SMARTS) is 1. The molecular weight excluding hydrogens is 234 g/mol. The van der Waals surface area contributed by atoms with E-state index in [2.05, 4.69) is 5.92 Å². The highest BCUT2D eigenvalue weighted by Crippen LogP contribution is 2.36. The van der Waals surface area contributed by atoms with Gasteiger partial charge in [0.2, 0.25) is 11.8 Å². The lowest BCUT2D eigenvalue weighted by Crippen LogP contribution is -2.45. The van der Waals surface area contributed by atoms with Crippen molar-refractivity contribution in [3.8, 4) is 12.3 Å². The first kappa shape index (κ1) is 12.4. The largest absolute Gasteiger partial charge is 0.480 e. The van der Waals surface area contributed by atoms with E-state index in [1.807, 2.05) is 12.2 Å². The van der Waals surface area contributed by atoms with Gasteiger partial charge in [0.25, 0.3) is 0 Å². The molecule has 1 fully saturated rings. The molecule has 0 aromatic heterocycles. The zero-order valence-corrected chi connectivity index (χ0v) is 9.70. The first-order valence-electron chi connectivity index (χ1n) is 5.76. The zero-order chi connectivity index (χ0) is 13.3. The van der Waals surface area contributed by atoms with Crippen molar-refractivity contribution in [2.24, 2.45) is 11.8 Å². The van der Waals surface area contributed by atoms with E-state index in [9.17, 15) is 14.4 Å². The monoisotopic (exact) mass is 247 g/mol. The van der Waals surface area contributed by atoms with Gasteiger partial charge >= 0.3 is 5.97 Å². The van der Waals surface area contributed by atoms with Crippen LogP contribution in [0.4, 0.5) is 0 Å². The van der Waals surface area contributed by atoms with Gasteiger partial charge in [0.15, 0.2) is 0 Å². The maximum absolute atomic E-state index is 12.1. The van der Waals surface area contributed by atoms with E-state index in [1.165, 1.54) is 0 Å². The Morgan fingerprint density at radius 2 is 1.89 bits per heavy atom. The molecule has 1 unspecified atom stereocenters. The Bertz CT molecular complexity index is 448. The van der Waals surface area contributed by atoms with E-state index in [4.69, 9.17) is 11.5 Å². The van der Waals surface area contributed by atoms with Crippen molar-refractivity contribution in [2.45, 2.75) is 25.3 Å². The topological polar surface area (TPSA) is 74.7 Å². The van der Waals surface area contributed by atoms with Gasteiger partial charge in [-0.15, -0.1) is 12.3 Å². The predicted octanol–water partition coefficient (Wildman–Crippen LogP) is 0.414. The number of terminal acetylenes is 1. The molecule has 2 rings (SSSR count). The Morgan fingerprint density at radius 3 is 2.28 bits per heavy atom. The Morgan fingerprint density at radius 1 is 1.39 bits per heavy atom. The average molecular weight is 247 g/mol. The Kier molecular flexibility index (Phi) is 3.19.